The van der Waals surface area contributed by atoms with E-state index >= 15 is 0 Å². The van der Waals surface area contributed by atoms with Crippen LogP contribution in [-0.4, -0.2) is 37.0 Å². The molecular weight excluding hydrogens is 360 g/mol. The van der Waals surface area contributed by atoms with E-state index in [1.807, 2.05) is 0 Å². The average molecular weight is 380 g/mol. The van der Waals surface area contributed by atoms with Crippen LogP contribution in [-0.2, 0) is 10.0 Å². The van der Waals surface area contributed by atoms with Gasteiger partial charge in [-0.1, -0.05) is 13.8 Å². The molecule has 2 aromatic rings. The number of nitro benzene ring substituents is 1. The van der Waals surface area contributed by atoms with Gasteiger partial charge in [0.05, 0.1) is 16.8 Å². The summed E-state index contributed by atoms with van der Waals surface area (Å²) in [6.07, 6.45) is 1.39. The highest BCUT2D eigenvalue weighted by molar-refractivity contribution is 7.89. The minimum atomic E-state index is -3.91. The summed E-state index contributed by atoms with van der Waals surface area (Å²) in [6, 6.07) is 7.05. The molecule has 0 aliphatic heterocycles. The number of non-ortho nitro benzene ring substituents is 1. The third-order valence-electron chi connectivity index (χ3n) is 3.64. The molecule has 0 saturated heterocycles. The fraction of sp³-hybridized carbons (Fsp3) is 0.312. The number of anilines is 1. The van der Waals surface area contributed by atoms with Crippen molar-refractivity contribution in [2.45, 2.75) is 25.7 Å². The molecule has 0 spiro atoms. The van der Waals surface area contributed by atoms with Crippen LogP contribution in [0.3, 0.4) is 0 Å². The summed E-state index contributed by atoms with van der Waals surface area (Å²) in [4.78, 5) is 10.2. The maximum Gasteiger partial charge on any atom is 0.270 e. The fourth-order valence-corrected chi connectivity index (χ4v) is 3.94. The van der Waals surface area contributed by atoms with Gasteiger partial charge in [-0.2, -0.15) is 9.41 Å². The highest BCUT2D eigenvalue weighted by atomic mass is 32.2. The normalized spacial score (nSPS) is 12.0. The lowest BCUT2D eigenvalue weighted by Gasteiger charge is -2.20. The van der Waals surface area contributed by atoms with E-state index in [0.717, 1.165) is 6.07 Å². The molecule has 1 N–H and O–H groups in total. The summed E-state index contributed by atoms with van der Waals surface area (Å²) in [5, 5.41) is 15.0. The molecule has 0 amide bonds. The van der Waals surface area contributed by atoms with Gasteiger partial charge >= 0.3 is 0 Å². The molecule has 0 aliphatic carbocycles. The second kappa shape index (κ2) is 8.11. The Morgan fingerprint density at radius 3 is 2.50 bits per heavy atom. The van der Waals surface area contributed by atoms with Crippen molar-refractivity contribution in [1.29, 1.82) is 0 Å². The van der Waals surface area contributed by atoms with Gasteiger partial charge in [0.2, 0.25) is 10.0 Å². The van der Waals surface area contributed by atoms with Crippen LogP contribution in [0, 0.1) is 17.0 Å². The molecule has 10 heteroatoms. The van der Waals surface area contributed by atoms with Gasteiger partial charge in [-0.25, -0.2) is 8.42 Å². The SMILES string of the molecule is CCN(CC)S(=O)(=O)c1cc([N+](=O)[O-])ccc1N/N=C/c1ccc(C)o1. The Morgan fingerprint density at radius 2 is 1.96 bits per heavy atom. The highest BCUT2D eigenvalue weighted by Crippen LogP contribution is 2.29. The topological polar surface area (TPSA) is 118 Å². The first kappa shape index (κ1) is 19.6. The number of sulfonamides is 1. The zero-order valence-electron chi connectivity index (χ0n) is 14.7. The van der Waals surface area contributed by atoms with Gasteiger partial charge in [0, 0.05) is 25.2 Å². The van der Waals surface area contributed by atoms with Crippen LogP contribution in [0.1, 0.15) is 25.4 Å². The maximum absolute atomic E-state index is 12.8. The minimum Gasteiger partial charge on any atom is -0.460 e. The van der Waals surface area contributed by atoms with Crippen LogP contribution in [0.5, 0.6) is 0 Å². The Bertz CT molecular complexity index is 916. The van der Waals surface area contributed by atoms with E-state index in [0.29, 0.717) is 11.5 Å². The fourth-order valence-electron chi connectivity index (χ4n) is 2.32. The van der Waals surface area contributed by atoms with E-state index in [1.54, 1.807) is 32.9 Å². The molecule has 0 unspecified atom stereocenters. The number of hydrazone groups is 1. The van der Waals surface area contributed by atoms with Gasteiger partial charge in [-0.3, -0.25) is 15.5 Å². The van der Waals surface area contributed by atoms with Crippen molar-refractivity contribution < 1.29 is 17.8 Å². The van der Waals surface area contributed by atoms with Gasteiger partial charge in [-0.15, -0.1) is 0 Å². The van der Waals surface area contributed by atoms with E-state index in [9.17, 15) is 18.5 Å². The first-order chi connectivity index (χ1) is 12.3. The molecule has 1 heterocycles. The van der Waals surface area contributed by atoms with E-state index in [2.05, 4.69) is 10.5 Å². The monoisotopic (exact) mass is 380 g/mol. The first-order valence-electron chi connectivity index (χ1n) is 7.93. The van der Waals surface area contributed by atoms with Crippen molar-refractivity contribution in [3.63, 3.8) is 0 Å². The van der Waals surface area contributed by atoms with Gasteiger partial charge in [-0.05, 0) is 25.1 Å². The molecular formula is C16H20N4O5S. The third kappa shape index (κ3) is 4.27. The maximum atomic E-state index is 12.8. The Hall–Kier alpha value is -2.72. The van der Waals surface area contributed by atoms with Crippen LogP contribution in [0.2, 0.25) is 0 Å². The average Bonchev–Trinajstić information content (AvgIpc) is 3.01. The third-order valence-corrected chi connectivity index (χ3v) is 5.73. The number of hydrogen-bond donors (Lipinski definition) is 1. The van der Waals surface area contributed by atoms with Crippen molar-refractivity contribution in [2.24, 2.45) is 5.10 Å². The second-order valence-electron chi connectivity index (χ2n) is 5.35. The summed E-state index contributed by atoms with van der Waals surface area (Å²) in [5.41, 5.74) is 2.46. The van der Waals surface area contributed by atoms with Crippen LogP contribution in [0.4, 0.5) is 11.4 Å². The number of nitro groups is 1. The molecule has 0 aliphatic rings. The van der Waals surface area contributed by atoms with Crippen LogP contribution in [0.25, 0.3) is 0 Å². The number of rotatable bonds is 8. The van der Waals surface area contributed by atoms with Gasteiger partial charge < -0.3 is 4.42 Å². The van der Waals surface area contributed by atoms with Gasteiger partial charge in [0.15, 0.2) is 0 Å². The lowest BCUT2D eigenvalue weighted by molar-refractivity contribution is -0.385. The van der Waals surface area contributed by atoms with E-state index in [4.69, 9.17) is 4.42 Å². The Balaban J connectivity index is 2.42. The molecule has 0 bridgehead atoms. The van der Waals surface area contributed by atoms with Crippen molar-refractivity contribution >= 4 is 27.6 Å². The summed E-state index contributed by atoms with van der Waals surface area (Å²) in [5.74, 6) is 1.21. The first-order valence-corrected chi connectivity index (χ1v) is 9.37. The Morgan fingerprint density at radius 1 is 1.27 bits per heavy atom. The van der Waals surface area contributed by atoms with Crippen LogP contribution < -0.4 is 5.43 Å². The molecule has 0 radical (unpaired) electrons. The zero-order valence-corrected chi connectivity index (χ0v) is 15.5. The van der Waals surface area contributed by atoms with Crippen LogP contribution in [0.15, 0.2) is 44.7 Å². The van der Waals surface area contributed by atoms with Crippen molar-refractivity contribution in [1.82, 2.24) is 4.31 Å². The summed E-state index contributed by atoms with van der Waals surface area (Å²) < 4.78 is 32.2. The van der Waals surface area contributed by atoms with Crippen molar-refractivity contribution in [3.8, 4) is 0 Å². The number of nitrogens with zero attached hydrogens (tertiary/aromatic N) is 3. The number of furan rings is 1. The van der Waals surface area contributed by atoms with E-state index in [-0.39, 0.29) is 29.4 Å². The number of aryl methyl sites for hydroxylation is 1. The number of hydrogen-bond acceptors (Lipinski definition) is 7. The smallest absolute Gasteiger partial charge is 0.270 e. The van der Waals surface area contributed by atoms with E-state index < -0.39 is 14.9 Å². The highest BCUT2D eigenvalue weighted by Gasteiger charge is 2.27. The predicted molar refractivity (Wildman–Crippen MR) is 97.9 cm³/mol. The van der Waals surface area contributed by atoms with Gasteiger partial charge in [0.25, 0.3) is 5.69 Å². The molecule has 26 heavy (non-hydrogen) atoms. The summed E-state index contributed by atoms with van der Waals surface area (Å²) in [6.45, 7) is 5.67. The number of benzene rings is 1. The minimum absolute atomic E-state index is 0.141. The summed E-state index contributed by atoms with van der Waals surface area (Å²) in [7, 11) is -3.91. The van der Waals surface area contributed by atoms with Gasteiger partial charge in [0.1, 0.15) is 16.4 Å². The number of nitrogens with one attached hydrogen (secondary N) is 1. The molecule has 1 aromatic carbocycles. The molecule has 9 nitrogen and oxygen atoms in total. The largest absolute Gasteiger partial charge is 0.460 e. The van der Waals surface area contributed by atoms with Crippen molar-refractivity contribution in [3.05, 3.63) is 52.0 Å². The van der Waals surface area contributed by atoms with Crippen molar-refractivity contribution in [2.75, 3.05) is 18.5 Å². The molecule has 2 rings (SSSR count). The zero-order chi connectivity index (χ0) is 19.3. The molecule has 0 fully saturated rings. The van der Waals surface area contributed by atoms with E-state index in [1.165, 1.54) is 22.7 Å². The lowest BCUT2D eigenvalue weighted by Crippen LogP contribution is -2.31. The molecule has 1 aromatic heterocycles. The quantitative estimate of drug-likeness (QED) is 0.427. The van der Waals surface area contributed by atoms with Crippen LogP contribution >= 0.6 is 0 Å². The summed E-state index contributed by atoms with van der Waals surface area (Å²) >= 11 is 0. The molecule has 0 atom stereocenters. The lowest BCUT2D eigenvalue weighted by atomic mass is 10.3. The molecule has 140 valence electrons. The predicted octanol–water partition coefficient (Wildman–Crippen LogP) is 2.97. The molecule has 0 saturated carbocycles. The Labute approximate surface area is 151 Å². The standard InChI is InChI=1S/C16H20N4O5S/c1-4-19(5-2)26(23,24)16-10-13(20(21)22)7-9-15(16)18-17-11-14-8-6-12(3)25-14/h6-11,18H,4-5H2,1-3H3/b17-11+. The second-order valence-corrected chi connectivity index (χ2v) is 7.25. The Kier molecular flexibility index (Phi) is 6.11.